The Balaban J connectivity index is 3.09. The molecule has 1 rings (SSSR count). The number of hydrogen-bond donors (Lipinski definition) is 1. The van der Waals surface area contributed by atoms with Crippen LogP contribution < -0.4 is 5.32 Å². The Morgan fingerprint density at radius 2 is 2.31 bits per heavy atom. The molecule has 1 aromatic rings. The molecule has 66 valence electrons. The Morgan fingerprint density at radius 3 is 2.92 bits per heavy atom. The highest BCUT2D eigenvalue weighted by atomic mass is 79.9. The fraction of sp³-hybridized carbons (Fsp3) is 0. The van der Waals surface area contributed by atoms with Gasteiger partial charge in [-0.3, -0.25) is 10.1 Å². The number of rotatable bonds is 1. The lowest BCUT2D eigenvalue weighted by Crippen LogP contribution is -2.18. The van der Waals surface area contributed by atoms with Gasteiger partial charge in [-0.05, 0) is 28.1 Å². The minimum Gasteiger partial charge on any atom is -0.268 e. The fourth-order valence-corrected chi connectivity index (χ4v) is 1.24. The maximum absolute atomic E-state index is 12.9. The molecule has 1 aromatic carbocycles. The summed E-state index contributed by atoms with van der Waals surface area (Å²) in [4.78, 5) is 11.1. The van der Waals surface area contributed by atoms with Gasteiger partial charge in [0.05, 0.1) is 10.0 Å². The predicted molar refractivity (Wildman–Crippen MR) is 47.2 cm³/mol. The zero-order valence-electron chi connectivity index (χ0n) is 6.34. The van der Waals surface area contributed by atoms with Crippen LogP contribution >= 0.6 is 15.9 Å². The monoisotopic (exact) mass is 242 g/mol. The molecular weight excluding hydrogens is 239 g/mol. The van der Waals surface area contributed by atoms with Crippen LogP contribution in [0.25, 0.3) is 0 Å². The summed E-state index contributed by atoms with van der Waals surface area (Å²) in [5.41, 5.74) is 0.0987. The highest BCUT2D eigenvalue weighted by Crippen LogP contribution is 2.19. The molecule has 0 atom stereocenters. The molecule has 0 heterocycles. The van der Waals surface area contributed by atoms with Crippen molar-refractivity contribution in [1.82, 2.24) is 5.32 Å². The van der Waals surface area contributed by atoms with Gasteiger partial charge >= 0.3 is 0 Å². The molecule has 0 radical (unpaired) electrons. The first-order valence-electron chi connectivity index (χ1n) is 3.30. The lowest BCUT2D eigenvalue weighted by atomic mass is 10.2. The Morgan fingerprint density at radius 1 is 1.62 bits per heavy atom. The number of amides is 1. The van der Waals surface area contributed by atoms with Crippen LogP contribution in [0.3, 0.4) is 0 Å². The summed E-state index contributed by atoms with van der Waals surface area (Å²) >= 11 is 2.91. The Labute approximate surface area is 82.3 Å². The minimum absolute atomic E-state index is 0.0581. The average Bonchev–Trinajstić information content (AvgIpc) is 2.10. The molecule has 5 heteroatoms. The van der Waals surface area contributed by atoms with Gasteiger partial charge in [0.2, 0.25) is 0 Å². The molecule has 0 aromatic heterocycles. The smallest absolute Gasteiger partial charge is 0.265 e. The zero-order valence-corrected chi connectivity index (χ0v) is 7.93. The van der Waals surface area contributed by atoms with Crippen LogP contribution in [0.1, 0.15) is 10.4 Å². The molecule has 0 saturated heterocycles. The predicted octanol–water partition coefficient (Wildman–Crippen LogP) is 1.80. The first-order chi connectivity index (χ1) is 6.16. The number of hydrogen-bond acceptors (Lipinski definition) is 2. The van der Waals surface area contributed by atoms with Crippen LogP contribution in [0.5, 0.6) is 0 Å². The quantitative estimate of drug-likeness (QED) is 0.603. The number of halogens is 2. The molecule has 3 nitrogen and oxygen atoms in total. The van der Waals surface area contributed by atoms with Gasteiger partial charge in [0, 0.05) is 0 Å². The molecule has 0 unspecified atom stereocenters. The molecule has 0 fully saturated rings. The van der Waals surface area contributed by atoms with E-state index in [-0.39, 0.29) is 10.0 Å². The highest BCUT2D eigenvalue weighted by Gasteiger charge is 2.11. The summed E-state index contributed by atoms with van der Waals surface area (Å²) in [6.07, 6.45) is 1.47. The van der Waals surface area contributed by atoms with Crippen molar-refractivity contribution in [3.05, 3.63) is 34.1 Å². The van der Waals surface area contributed by atoms with Crippen molar-refractivity contribution in [1.29, 1.82) is 5.26 Å². The van der Waals surface area contributed by atoms with Crippen LogP contribution in [0, 0.1) is 17.3 Å². The molecule has 0 aliphatic rings. The van der Waals surface area contributed by atoms with E-state index >= 15 is 0 Å². The molecule has 0 aliphatic carbocycles. The number of nitrogens with zero attached hydrogens (tertiary/aromatic N) is 1. The lowest BCUT2D eigenvalue weighted by molar-refractivity contribution is 0.0971. The second-order valence-electron chi connectivity index (χ2n) is 2.17. The summed E-state index contributed by atoms with van der Waals surface area (Å²) in [6.45, 7) is 0. The van der Waals surface area contributed by atoms with Crippen molar-refractivity contribution in [2.24, 2.45) is 0 Å². The third-order valence-electron chi connectivity index (χ3n) is 1.37. The van der Waals surface area contributed by atoms with Gasteiger partial charge in [-0.15, -0.1) is 0 Å². The first kappa shape index (κ1) is 9.68. The van der Waals surface area contributed by atoms with Gasteiger partial charge in [0.15, 0.2) is 6.19 Å². The van der Waals surface area contributed by atoms with Crippen LogP contribution in [-0.2, 0) is 0 Å². The maximum atomic E-state index is 12.9. The van der Waals surface area contributed by atoms with Crippen molar-refractivity contribution < 1.29 is 9.18 Å². The van der Waals surface area contributed by atoms with E-state index in [1.807, 2.05) is 5.32 Å². The summed E-state index contributed by atoms with van der Waals surface area (Å²) < 4.78 is 12.9. The van der Waals surface area contributed by atoms with Crippen molar-refractivity contribution in [2.45, 2.75) is 0 Å². The summed E-state index contributed by atoms with van der Waals surface area (Å²) in [5, 5.41) is 10.1. The maximum Gasteiger partial charge on any atom is 0.265 e. The second kappa shape index (κ2) is 4.01. The summed E-state index contributed by atoms with van der Waals surface area (Å²) in [6, 6.07) is 4.03. The third kappa shape index (κ3) is 2.04. The minimum atomic E-state index is -0.631. The van der Waals surface area contributed by atoms with Gasteiger partial charge < -0.3 is 0 Å². The van der Waals surface area contributed by atoms with E-state index in [0.29, 0.717) is 0 Å². The standard InChI is InChI=1S/C8H4BrFN2O/c9-7-5(8(13)12-4-11)2-1-3-6(7)10/h1-3H,(H,12,13). The van der Waals surface area contributed by atoms with Crippen LogP contribution in [0.4, 0.5) is 4.39 Å². The molecule has 0 spiro atoms. The zero-order chi connectivity index (χ0) is 9.84. The van der Waals surface area contributed by atoms with Crippen LogP contribution in [-0.4, -0.2) is 5.91 Å². The molecule has 13 heavy (non-hydrogen) atoms. The van der Waals surface area contributed by atoms with Gasteiger partial charge in [-0.1, -0.05) is 6.07 Å². The molecule has 1 N–H and O–H groups in total. The Kier molecular flexibility index (Phi) is 2.98. The van der Waals surface area contributed by atoms with E-state index in [9.17, 15) is 9.18 Å². The largest absolute Gasteiger partial charge is 0.268 e. The van der Waals surface area contributed by atoms with E-state index in [1.54, 1.807) is 0 Å². The van der Waals surface area contributed by atoms with E-state index in [2.05, 4.69) is 15.9 Å². The molecule has 1 amide bonds. The average molecular weight is 243 g/mol. The topological polar surface area (TPSA) is 52.9 Å². The molecular formula is C8H4BrFN2O. The summed E-state index contributed by atoms with van der Waals surface area (Å²) in [7, 11) is 0. The fourth-order valence-electron chi connectivity index (χ4n) is 0.797. The number of nitrogens with one attached hydrogen (secondary N) is 1. The molecule has 0 aliphatic heterocycles. The van der Waals surface area contributed by atoms with Crippen molar-refractivity contribution in [3.63, 3.8) is 0 Å². The Hall–Kier alpha value is -1.41. The van der Waals surface area contributed by atoms with Crippen molar-refractivity contribution >= 4 is 21.8 Å². The summed E-state index contributed by atoms with van der Waals surface area (Å²) in [5.74, 6) is -1.17. The van der Waals surface area contributed by atoms with Crippen LogP contribution in [0.2, 0.25) is 0 Å². The van der Waals surface area contributed by atoms with E-state index in [0.717, 1.165) is 0 Å². The van der Waals surface area contributed by atoms with Gasteiger partial charge in [-0.2, -0.15) is 5.26 Å². The number of carbonyl (C=O) groups excluding carboxylic acids is 1. The van der Waals surface area contributed by atoms with E-state index in [1.165, 1.54) is 24.4 Å². The van der Waals surface area contributed by atoms with Gasteiger partial charge in [0.25, 0.3) is 5.91 Å². The third-order valence-corrected chi connectivity index (χ3v) is 2.17. The highest BCUT2D eigenvalue weighted by molar-refractivity contribution is 9.10. The SMILES string of the molecule is N#CNC(=O)c1cccc(F)c1Br. The second-order valence-corrected chi connectivity index (χ2v) is 2.96. The first-order valence-corrected chi connectivity index (χ1v) is 4.09. The molecule has 0 bridgehead atoms. The van der Waals surface area contributed by atoms with E-state index < -0.39 is 11.7 Å². The number of nitriles is 1. The Bertz CT molecular complexity index is 386. The van der Waals surface area contributed by atoms with Gasteiger partial charge in [0.1, 0.15) is 5.82 Å². The van der Waals surface area contributed by atoms with Crippen molar-refractivity contribution in [3.8, 4) is 6.19 Å². The normalized spacial score (nSPS) is 9.00. The van der Waals surface area contributed by atoms with E-state index in [4.69, 9.17) is 5.26 Å². The van der Waals surface area contributed by atoms with Crippen LogP contribution in [0.15, 0.2) is 22.7 Å². The van der Waals surface area contributed by atoms with Gasteiger partial charge in [-0.25, -0.2) is 4.39 Å². The number of benzene rings is 1. The number of carbonyl (C=O) groups is 1. The lowest BCUT2D eigenvalue weighted by Gasteiger charge is -2.01. The molecule has 0 saturated carbocycles. The van der Waals surface area contributed by atoms with Crippen molar-refractivity contribution in [2.75, 3.05) is 0 Å².